The number of ether oxygens (including phenoxy) is 1. The number of carboxylic acids is 1. The van der Waals surface area contributed by atoms with Gasteiger partial charge in [0.05, 0.1) is 35.8 Å². The van der Waals surface area contributed by atoms with Crippen LogP contribution in [0, 0.1) is 0 Å². The van der Waals surface area contributed by atoms with Crippen LogP contribution in [0.15, 0.2) is 52.9 Å². The van der Waals surface area contributed by atoms with Gasteiger partial charge in [0, 0.05) is 49.3 Å². The van der Waals surface area contributed by atoms with Crippen molar-refractivity contribution in [2.75, 3.05) is 32.8 Å². The van der Waals surface area contributed by atoms with Crippen LogP contribution in [-0.2, 0) is 24.2 Å². The summed E-state index contributed by atoms with van der Waals surface area (Å²) in [6, 6.07) is 13.9. The molecule has 208 valence electrons. The van der Waals surface area contributed by atoms with E-state index in [0.717, 1.165) is 35.4 Å². The molecule has 9 nitrogen and oxygen atoms in total. The van der Waals surface area contributed by atoms with Crippen LogP contribution >= 0.6 is 23.2 Å². The molecule has 11 heteroatoms. The van der Waals surface area contributed by atoms with Gasteiger partial charge in [-0.3, -0.25) is 9.69 Å². The first-order chi connectivity index (χ1) is 19.3. The number of aromatic nitrogens is 2. The second-order valence-corrected chi connectivity index (χ2v) is 11.0. The highest BCUT2D eigenvalue weighted by Crippen LogP contribution is 2.26. The molecule has 40 heavy (non-hydrogen) atoms. The van der Waals surface area contributed by atoms with Crippen LogP contribution in [0.3, 0.4) is 0 Å². The topological polar surface area (TPSA) is 101 Å². The van der Waals surface area contributed by atoms with Gasteiger partial charge >= 0.3 is 5.97 Å². The maximum Gasteiger partial charge on any atom is 0.335 e. The van der Waals surface area contributed by atoms with Crippen molar-refractivity contribution >= 4 is 46.1 Å². The Hall–Kier alpha value is -3.37. The van der Waals surface area contributed by atoms with Gasteiger partial charge in [0.25, 0.3) is 5.91 Å². The average molecular weight is 583 g/mol. The van der Waals surface area contributed by atoms with Crippen molar-refractivity contribution < 1.29 is 23.8 Å². The normalized spacial score (nSPS) is 17.8. The van der Waals surface area contributed by atoms with Gasteiger partial charge in [-0.1, -0.05) is 29.3 Å². The van der Waals surface area contributed by atoms with E-state index in [1.54, 1.807) is 47.4 Å². The maximum atomic E-state index is 13.2. The third-order valence-corrected chi connectivity index (χ3v) is 8.12. The number of furan rings is 1. The Morgan fingerprint density at radius 1 is 1.02 bits per heavy atom. The van der Waals surface area contributed by atoms with E-state index in [1.807, 2.05) is 6.07 Å². The number of carbonyl (C=O) groups is 2. The number of carboxylic acid groups (broad SMARTS) is 1. The summed E-state index contributed by atoms with van der Waals surface area (Å²) in [5, 5.41) is 10.6. The lowest BCUT2D eigenvalue weighted by Gasteiger charge is -2.34. The summed E-state index contributed by atoms with van der Waals surface area (Å²) in [6.07, 6.45) is 1.55. The van der Waals surface area contributed by atoms with Crippen LogP contribution in [0.1, 0.15) is 44.5 Å². The lowest BCUT2D eigenvalue weighted by atomic mass is 10.1. The standard InChI is InChI=1S/C29H28Cl2N4O5/c30-20-3-1-18(23(31)15-20)13-21-4-6-26(40-21)28(36)34-10-8-33(9-11-34)17-27-32-24-5-2-19(29(37)38)14-25(24)35(27)16-22-7-12-39-22/h1-6,14-15,22H,7-13,16-17H2,(H,37,38). The summed E-state index contributed by atoms with van der Waals surface area (Å²) >= 11 is 12.3. The Bertz CT molecular complexity index is 1570. The quantitative estimate of drug-likeness (QED) is 0.313. The van der Waals surface area contributed by atoms with E-state index in [4.69, 9.17) is 37.3 Å². The third kappa shape index (κ3) is 5.60. The molecule has 2 fully saturated rings. The minimum absolute atomic E-state index is 0.105. The molecule has 4 aromatic rings. The molecule has 0 spiro atoms. The molecule has 1 atom stereocenters. The monoisotopic (exact) mass is 582 g/mol. The zero-order valence-corrected chi connectivity index (χ0v) is 23.2. The molecule has 0 bridgehead atoms. The number of carbonyl (C=O) groups excluding carboxylic acids is 1. The first kappa shape index (κ1) is 26.8. The number of rotatable bonds is 8. The van der Waals surface area contributed by atoms with E-state index in [1.165, 1.54) is 0 Å². The molecule has 4 heterocycles. The number of piperazine rings is 1. The number of benzene rings is 2. The van der Waals surface area contributed by atoms with E-state index in [9.17, 15) is 14.7 Å². The van der Waals surface area contributed by atoms with Crippen LogP contribution in [0.25, 0.3) is 11.0 Å². The smallest absolute Gasteiger partial charge is 0.335 e. The number of nitrogens with zero attached hydrogens (tertiary/aromatic N) is 4. The lowest BCUT2D eigenvalue weighted by Crippen LogP contribution is -2.48. The van der Waals surface area contributed by atoms with Gasteiger partial charge < -0.3 is 23.7 Å². The van der Waals surface area contributed by atoms with Gasteiger partial charge in [-0.15, -0.1) is 0 Å². The Morgan fingerprint density at radius 3 is 2.52 bits per heavy atom. The molecule has 0 saturated carbocycles. The molecular weight excluding hydrogens is 555 g/mol. The molecular formula is C29H28Cl2N4O5. The molecule has 0 radical (unpaired) electrons. The molecule has 2 aliphatic heterocycles. The first-order valence-electron chi connectivity index (χ1n) is 13.2. The molecule has 1 N–H and O–H groups in total. The fraction of sp³-hybridized carbons (Fsp3) is 0.345. The van der Waals surface area contributed by atoms with Crippen molar-refractivity contribution in [2.45, 2.75) is 32.0 Å². The van der Waals surface area contributed by atoms with Gasteiger partial charge in [-0.05, 0) is 54.4 Å². The van der Waals surface area contributed by atoms with Crippen LogP contribution in [-0.4, -0.2) is 75.2 Å². The van der Waals surface area contributed by atoms with Crippen molar-refractivity contribution in [3.8, 4) is 0 Å². The highest BCUT2D eigenvalue weighted by atomic mass is 35.5. The second kappa shape index (κ2) is 11.2. The highest BCUT2D eigenvalue weighted by Gasteiger charge is 2.27. The van der Waals surface area contributed by atoms with Gasteiger partial charge in [0.15, 0.2) is 5.76 Å². The molecule has 2 aromatic carbocycles. The number of imidazole rings is 1. The van der Waals surface area contributed by atoms with E-state index in [-0.39, 0.29) is 17.6 Å². The molecule has 2 aliphatic rings. The zero-order chi connectivity index (χ0) is 27.8. The molecule has 0 aliphatic carbocycles. The van der Waals surface area contributed by atoms with Crippen molar-refractivity contribution in [2.24, 2.45) is 0 Å². The van der Waals surface area contributed by atoms with Crippen molar-refractivity contribution in [1.82, 2.24) is 19.4 Å². The van der Waals surface area contributed by atoms with Crippen LogP contribution in [0.2, 0.25) is 10.0 Å². The minimum atomic E-state index is -0.964. The van der Waals surface area contributed by atoms with Crippen LogP contribution in [0.5, 0.6) is 0 Å². The number of halogens is 2. The summed E-state index contributed by atoms with van der Waals surface area (Å²) in [5.41, 5.74) is 2.68. The Kier molecular flexibility index (Phi) is 7.55. The zero-order valence-electron chi connectivity index (χ0n) is 21.7. The van der Waals surface area contributed by atoms with Gasteiger partial charge in [-0.25, -0.2) is 9.78 Å². The van der Waals surface area contributed by atoms with Crippen molar-refractivity contribution in [1.29, 1.82) is 0 Å². The van der Waals surface area contributed by atoms with E-state index < -0.39 is 5.97 Å². The largest absolute Gasteiger partial charge is 0.478 e. The van der Waals surface area contributed by atoms with Crippen molar-refractivity contribution in [3.05, 3.63) is 87.0 Å². The van der Waals surface area contributed by atoms with Crippen LogP contribution in [0.4, 0.5) is 0 Å². The number of fused-ring (bicyclic) bond motifs is 1. The fourth-order valence-electron chi connectivity index (χ4n) is 5.17. The van der Waals surface area contributed by atoms with E-state index >= 15 is 0 Å². The molecule has 2 saturated heterocycles. The number of aromatic carboxylic acids is 1. The summed E-state index contributed by atoms with van der Waals surface area (Å²) < 4.78 is 13.6. The molecule has 6 rings (SSSR count). The van der Waals surface area contributed by atoms with Crippen LogP contribution < -0.4 is 0 Å². The number of hydrogen-bond donors (Lipinski definition) is 1. The Morgan fingerprint density at radius 2 is 1.82 bits per heavy atom. The predicted molar refractivity (Wildman–Crippen MR) is 150 cm³/mol. The third-order valence-electron chi connectivity index (χ3n) is 7.53. The second-order valence-electron chi connectivity index (χ2n) is 10.2. The fourth-order valence-corrected chi connectivity index (χ4v) is 5.64. The number of amides is 1. The average Bonchev–Trinajstić information content (AvgIpc) is 3.52. The lowest BCUT2D eigenvalue weighted by molar-refractivity contribution is -0.0592. The van der Waals surface area contributed by atoms with Gasteiger partial charge in [0.2, 0.25) is 0 Å². The highest BCUT2D eigenvalue weighted by molar-refractivity contribution is 6.35. The Labute approximate surface area is 240 Å². The van der Waals surface area contributed by atoms with Gasteiger partial charge in [0.1, 0.15) is 11.6 Å². The maximum absolute atomic E-state index is 13.2. The van der Waals surface area contributed by atoms with Crippen molar-refractivity contribution in [3.63, 3.8) is 0 Å². The predicted octanol–water partition coefficient (Wildman–Crippen LogP) is 4.97. The summed E-state index contributed by atoms with van der Waals surface area (Å²) in [7, 11) is 0. The van der Waals surface area contributed by atoms with E-state index in [0.29, 0.717) is 67.3 Å². The minimum Gasteiger partial charge on any atom is -0.478 e. The molecule has 2 aromatic heterocycles. The van der Waals surface area contributed by atoms with E-state index in [2.05, 4.69) is 9.47 Å². The van der Waals surface area contributed by atoms with Gasteiger partial charge in [-0.2, -0.15) is 0 Å². The molecule has 1 unspecified atom stereocenters. The Balaban J connectivity index is 1.10. The summed E-state index contributed by atoms with van der Waals surface area (Å²) in [5.74, 6) is 0.735. The number of hydrogen-bond acceptors (Lipinski definition) is 6. The summed E-state index contributed by atoms with van der Waals surface area (Å²) in [4.78, 5) is 33.6. The SMILES string of the molecule is O=C(O)c1ccc2nc(CN3CCN(C(=O)c4ccc(Cc5ccc(Cl)cc5Cl)o4)CC3)n(CC3CCO3)c2c1. The summed E-state index contributed by atoms with van der Waals surface area (Å²) in [6.45, 7) is 4.47. The molecule has 1 amide bonds. The first-order valence-corrected chi connectivity index (χ1v) is 14.0.